The van der Waals surface area contributed by atoms with E-state index in [1.807, 2.05) is 38.1 Å². The lowest BCUT2D eigenvalue weighted by molar-refractivity contribution is 0.0912. The number of benzene rings is 1. The molecule has 1 amide bonds. The Morgan fingerprint density at radius 2 is 1.94 bits per heavy atom. The average molecular weight is 396 g/mol. The lowest BCUT2D eigenvalue weighted by Gasteiger charge is -2.25. The van der Waals surface area contributed by atoms with E-state index in [1.54, 1.807) is 0 Å². The molecule has 0 saturated heterocycles. The number of carbonyl (C=O) groups excluding carboxylic acids is 1. The van der Waals surface area contributed by atoms with Crippen molar-refractivity contribution in [3.8, 4) is 0 Å². The summed E-state index contributed by atoms with van der Waals surface area (Å²) in [6.07, 6.45) is 0.906. The normalized spacial score (nSPS) is 11.2. The molecule has 0 bridgehead atoms. The second-order valence-electron chi connectivity index (χ2n) is 4.28. The van der Waals surface area contributed by atoms with E-state index in [0.717, 1.165) is 15.3 Å². The minimum absolute atomic E-state index is 0.0117. The number of rotatable bonds is 4. The maximum absolute atomic E-state index is 11.9. The molecule has 0 aliphatic heterocycles. The maximum Gasteiger partial charge on any atom is 0.251 e. The van der Waals surface area contributed by atoms with E-state index in [1.165, 1.54) is 0 Å². The summed E-state index contributed by atoms with van der Waals surface area (Å²) in [7, 11) is 0. The van der Waals surface area contributed by atoms with Crippen LogP contribution in [0.2, 0.25) is 0 Å². The molecule has 0 aliphatic carbocycles. The van der Waals surface area contributed by atoms with E-state index in [-0.39, 0.29) is 11.4 Å². The molecular formula is C12H15BrINO. The first kappa shape index (κ1) is 14.0. The van der Waals surface area contributed by atoms with Crippen LogP contribution in [-0.4, -0.2) is 16.8 Å². The Morgan fingerprint density at radius 3 is 2.44 bits per heavy atom. The third-order valence-electron chi connectivity index (χ3n) is 2.28. The van der Waals surface area contributed by atoms with Crippen LogP contribution in [-0.2, 0) is 0 Å². The van der Waals surface area contributed by atoms with Crippen LogP contribution in [0.25, 0.3) is 0 Å². The van der Waals surface area contributed by atoms with Crippen LogP contribution < -0.4 is 5.32 Å². The van der Waals surface area contributed by atoms with E-state index in [2.05, 4.69) is 43.8 Å². The van der Waals surface area contributed by atoms with Gasteiger partial charge in [0.05, 0.1) is 0 Å². The Bertz CT molecular complexity index is 362. The molecule has 0 saturated carbocycles. The molecule has 0 spiro atoms. The zero-order valence-electron chi connectivity index (χ0n) is 9.39. The predicted octanol–water partition coefficient (Wildman–Crippen LogP) is 3.58. The minimum atomic E-state index is -0.177. The first-order chi connectivity index (χ1) is 7.44. The van der Waals surface area contributed by atoms with E-state index in [9.17, 15) is 4.79 Å². The molecule has 0 aromatic heterocycles. The zero-order chi connectivity index (χ0) is 12.2. The molecule has 16 heavy (non-hydrogen) atoms. The lowest BCUT2D eigenvalue weighted by atomic mass is 10.0. The Kier molecular flexibility index (Phi) is 5.24. The van der Waals surface area contributed by atoms with Crippen molar-refractivity contribution in [1.29, 1.82) is 0 Å². The number of amides is 1. The first-order valence-electron chi connectivity index (χ1n) is 5.09. The molecule has 2 nitrogen and oxygen atoms in total. The van der Waals surface area contributed by atoms with Crippen molar-refractivity contribution in [3.63, 3.8) is 0 Å². The van der Waals surface area contributed by atoms with Crippen LogP contribution in [0.1, 0.15) is 30.6 Å². The molecule has 4 heteroatoms. The number of carbonyl (C=O) groups is 1. The second kappa shape index (κ2) is 6.00. The van der Waals surface area contributed by atoms with Crippen molar-refractivity contribution in [2.24, 2.45) is 0 Å². The lowest BCUT2D eigenvalue weighted by Crippen LogP contribution is -2.43. The maximum atomic E-state index is 11.9. The fourth-order valence-electron chi connectivity index (χ4n) is 1.28. The molecule has 88 valence electrons. The van der Waals surface area contributed by atoms with E-state index < -0.39 is 0 Å². The molecule has 0 radical (unpaired) electrons. The Labute approximate surface area is 118 Å². The van der Waals surface area contributed by atoms with Crippen LogP contribution >= 0.6 is 38.5 Å². The van der Waals surface area contributed by atoms with Crippen molar-refractivity contribution >= 4 is 44.4 Å². The summed E-state index contributed by atoms with van der Waals surface area (Å²) in [5, 5.41) is 3.90. The van der Waals surface area contributed by atoms with Gasteiger partial charge in [-0.1, -0.05) is 15.9 Å². The zero-order valence-corrected chi connectivity index (χ0v) is 13.1. The third kappa shape index (κ3) is 4.41. The smallest absolute Gasteiger partial charge is 0.251 e. The predicted molar refractivity (Wildman–Crippen MR) is 79.1 cm³/mol. The summed E-state index contributed by atoms with van der Waals surface area (Å²) >= 11 is 5.61. The van der Waals surface area contributed by atoms with Crippen LogP contribution in [0.5, 0.6) is 0 Å². The second-order valence-corrected chi connectivity index (χ2v) is 6.32. The SMILES string of the molecule is CC(C)(CCBr)NC(=O)c1ccc(I)cc1. The molecule has 1 rings (SSSR count). The fourth-order valence-corrected chi connectivity index (χ4v) is 2.63. The largest absolute Gasteiger partial charge is 0.347 e. The Morgan fingerprint density at radius 1 is 1.38 bits per heavy atom. The van der Waals surface area contributed by atoms with Crippen LogP contribution in [0.15, 0.2) is 24.3 Å². The van der Waals surface area contributed by atoms with Gasteiger partial charge in [0.25, 0.3) is 5.91 Å². The van der Waals surface area contributed by atoms with Gasteiger partial charge in [-0.3, -0.25) is 4.79 Å². The number of halogens is 2. The van der Waals surface area contributed by atoms with Gasteiger partial charge in [-0.05, 0) is 67.1 Å². The standard InChI is InChI=1S/C12H15BrINO/c1-12(2,7-8-13)15-11(16)9-3-5-10(14)6-4-9/h3-6H,7-8H2,1-2H3,(H,15,16). The summed E-state index contributed by atoms with van der Waals surface area (Å²) in [6, 6.07) is 7.57. The summed E-state index contributed by atoms with van der Waals surface area (Å²) in [5.41, 5.74) is 0.534. The van der Waals surface area contributed by atoms with Crippen molar-refractivity contribution < 1.29 is 4.79 Å². The molecular weight excluding hydrogens is 381 g/mol. The van der Waals surface area contributed by atoms with Crippen molar-refractivity contribution in [3.05, 3.63) is 33.4 Å². The summed E-state index contributed by atoms with van der Waals surface area (Å²) < 4.78 is 1.13. The molecule has 0 atom stereocenters. The van der Waals surface area contributed by atoms with E-state index in [4.69, 9.17) is 0 Å². The number of alkyl halides is 1. The van der Waals surface area contributed by atoms with Gasteiger partial charge in [0.15, 0.2) is 0 Å². The summed E-state index contributed by atoms with van der Waals surface area (Å²) in [4.78, 5) is 11.9. The topological polar surface area (TPSA) is 29.1 Å². The molecule has 0 unspecified atom stereocenters. The Balaban J connectivity index is 2.69. The quantitative estimate of drug-likeness (QED) is 0.612. The molecule has 1 aromatic carbocycles. The van der Waals surface area contributed by atoms with Gasteiger partial charge in [-0.15, -0.1) is 0 Å². The monoisotopic (exact) mass is 395 g/mol. The molecule has 0 aliphatic rings. The molecule has 1 aromatic rings. The minimum Gasteiger partial charge on any atom is -0.347 e. The number of nitrogens with one attached hydrogen (secondary N) is 1. The van der Waals surface area contributed by atoms with Gasteiger partial charge < -0.3 is 5.32 Å². The van der Waals surface area contributed by atoms with Gasteiger partial charge in [0.1, 0.15) is 0 Å². The van der Waals surface area contributed by atoms with E-state index >= 15 is 0 Å². The number of hydrogen-bond acceptors (Lipinski definition) is 1. The summed E-state index contributed by atoms with van der Waals surface area (Å²) in [5.74, 6) is -0.0117. The highest BCUT2D eigenvalue weighted by molar-refractivity contribution is 14.1. The highest BCUT2D eigenvalue weighted by Gasteiger charge is 2.20. The molecule has 0 fully saturated rings. The average Bonchev–Trinajstić information content (AvgIpc) is 2.17. The van der Waals surface area contributed by atoms with E-state index in [0.29, 0.717) is 5.56 Å². The van der Waals surface area contributed by atoms with Crippen molar-refractivity contribution in [2.45, 2.75) is 25.8 Å². The summed E-state index contributed by atoms with van der Waals surface area (Å²) in [6.45, 7) is 4.05. The van der Waals surface area contributed by atoms with Gasteiger partial charge in [-0.2, -0.15) is 0 Å². The van der Waals surface area contributed by atoms with Crippen LogP contribution in [0, 0.1) is 3.57 Å². The van der Waals surface area contributed by atoms with Crippen LogP contribution in [0.3, 0.4) is 0 Å². The third-order valence-corrected chi connectivity index (χ3v) is 3.39. The fraction of sp³-hybridized carbons (Fsp3) is 0.417. The van der Waals surface area contributed by atoms with Crippen molar-refractivity contribution in [2.75, 3.05) is 5.33 Å². The molecule has 1 N–H and O–H groups in total. The van der Waals surface area contributed by atoms with Crippen LogP contribution in [0.4, 0.5) is 0 Å². The molecule has 0 heterocycles. The highest BCUT2D eigenvalue weighted by atomic mass is 127. The van der Waals surface area contributed by atoms with Gasteiger partial charge in [0, 0.05) is 20.0 Å². The first-order valence-corrected chi connectivity index (χ1v) is 7.29. The van der Waals surface area contributed by atoms with Gasteiger partial charge in [0.2, 0.25) is 0 Å². The Hall–Kier alpha value is -0.100. The number of hydrogen-bond donors (Lipinski definition) is 1. The van der Waals surface area contributed by atoms with Crippen molar-refractivity contribution in [1.82, 2.24) is 5.32 Å². The highest BCUT2D eigenvalue weighted by Crippen LogP contribution is 2.12. The van der Waals surface area contributed by atoms with Gasteiger partial charge >= 0.3 is 0 Å². The van der Waals surface area contributed by atoms with Gasteiger partial charge in [-0.25, -0.2) is 0 Å².